The van der Waals surface area contributed by atoms with Gasteiger partial charge in [-0.05, 0) is 19.3 Å². The third-order valence-electron chi connectivity index (χ3n) is 4.34. The van der Waals surface area contributed by atoms with Crippen LogP contribution in [0.3, 0.4) is 0 Å². The Labute approximate surface area is 174 Å². The highest BCUT2D eigenvalue weighted by molar-refractivity contribution is 7.95. The zero-order chi connectivity index (χ0) is 21.8. The van der Waals surface area contributed by atoms with Gasteiger partial charge in [0.25, 0.3) is 0 Å². The van der Waals surface area contributed by atoms with E-state index in [1.807, 2.05) is 0 Å². The summed E-state index contributed by atoms with van der Waals surface area (Å²) in [5.41, 5.74) is 10.6. The number of amides is 1. The Morgan fingerprint density at radius 3 is 2.48 bits per heavy atom. The third-order valence-corrected chi connectivity index (χ3v) is 5.00. The lowest BCUT2D eigenvalue weighted by Crippen LogP contribution is -2.42. The Hall–Kier alpha value is -1.73. The van der Waals surface area contributed by atoms with E-state index in [0.29, 0.717) is 17.7 Å². The van der Waals surface area contributed by atoms with Crippen LogP contribution in [0.2, 0.25) is 0 Å². The maximum Gasteiger partial charge on any atom is 0.324 e. The molecule has 3 unspecified atom stereocenters. The van der Waals surface area contributed by atoms with Crippen molar-refractivity contribution in [2.45, 2.75) is 77.1 Å². The lowest BCUT2D eigenvalue weighted by molar-refractivity contribution is -0.141. The number of aliphatic carboxylic acids is 1. The highest BCUT2D eigenvalue weighted by Crippen LogP contribution is 2.30. The van der Waals surface area contributed by atoms with Crippen LogP contribution in [-0.4, -0.2) is 44.4 Å². The van der Waals surface area contributed by atoms with Crippen LogP contribution < -0.4 is 20.9 Å². The van der Waals surface area contributed by atoms with E-state index in [9.17, 15) is 14.7 Å². The first kappa shape index (κ1) is 25.3. The third kappa shape index (κ3) is 10.6. The molecule has 11 nitrogen and oxygen atoms in total. The number of nitrogens with one attached hydrogen (secondary N) is 2. The predicted octanol–water partition coefficient (Wildman–Crippen LogP) is 0.608. The molecule has 1 fully saturated rings. The second-order valence-electron chi connectivity index (χ2n) is 7.09. The smallest absolute Gasteiger partial charge is 0.324 e. The molecule has 1 heterocycles. The fraction of sp³-hybridized carbons (Fsp3) is 0.765. The Morgan fingerprint density at radius 2 is 1.93 bits per heavy atom. The molecule has 0 saturated heterocycles. The van der Waals surface area contributed by atoms with Crippen LogP contribution in [-0.2, 0) is 16.1 Å². The minimum atomic E-state index is -1.13. The van der Waals surface area contributed by atoms with Crippen molar-refractivity contribution < 1.29 is 24.2 Å². The molecule has 0 bridgehead atoms. The van der Waals surface area contributed by atoms with Crippen LogP contribution in [0.25, 0.3) is 0 Å². The van der Waals surface area contributed by atoms with Crippen LogP contribution in [0.15, 0.2) is 4.42 Å². The number of hydrogen-bond donors (Lipinski definition) is 6. The van der Waals surface area contributed by atoms with Gasteiger partial charge in [-0.2, -0.15) is 0 Å². The highest BCUT2D eigenvalue weighted by atomic mass is 32.2. The van der Waals surface area contributed by atoms with Gasteiger partial charge in [0.2, 0.25) is 17.7 Å². The van der Waals surface area contributed by atoms with E-state index < -0.39 is 18.1 Å². The van der Waals surface area contributed by atoms with Gasteiger partial charge in [-0.25, -0.2) is 9.44 Å². The lowest BCUT2D eigenvalue weighted by atomic mass is 9.85. The molecule has 0 aromatic carbocycles. The Balaban J connectivity index is 0.000000960. The average Bonchev–Trinajstić information content (AvgIpc) is 3.10. The van der Waals surface area contributed by atoms with Gasteiger partial charge < -0.3 is 26.1 Å². The van der Waals surface area contributed by atoms with Gasteiger partial charge in [-0.15, -0.1) is 10.2 Å². The van der Waals surface area contributed by atoms with Gasteiger partial charge in [-0.1, -0.05) is 32.1 Å². The van der Waals surface area contributed by atoms with Crippen molar-refractivity contribution in [2.75, 3.05) is 0 Å². The van der Waals surface area contributed by atoms with Crippen molar-refractivity contribution in [3.05, 3.63) is 11.8 Å². The zero-order valence-corrected chi connectivity index (χ0v) is 17.7. The molecule has 1 aliphatic carbocycles. The second-order valence-corrected chi connectivity index (χ2v) is 7.82. The maximum absolute atomic E-state index is 10.9. The van der Waals surface area contributed by atoms with Crippen molar-refractivity contribution in [3.63, 3.8) is 0 Å². The summed E-state index contributed by atoms with van der Waals surface area (Å²) in [5, 5.41) is 26.3. The summed E-state index contributed by atoms with van der Waals surface area (Å²) in [5.74, 6) is -0.0106. The van der Waals surface area contributed by atoms with Crippen LogP contribution >= 0.6 is 12.1 Å². The van der Waals surface area contributed by atoms with Crippen molar-refractivity contribution in [1.29, 1.82) is 0 Å². The molecular formula is C17H32N6O5S. The molecule has 3 atom stereocenters. The molecule has 1 saturated carbocycles. The number of nitrogens with zero attached hydrogens (tertiary/aromatic N) is 2. The normalized spacial score (nSPS) is 17.7. The van der Waals surface area contributed by atoms with E-state index in [2.05, 4.69) is 25.4 Å². The van der Waals surface area contributed by atoms with Gasteiger partial charge in [0.1, 0.15) is 6.04 Å². The number of aliphatic hydroxyl groups is 1. The number of primary amides is 1. The highest BCUT2D eigenvalue weighted by Gasteiger charge is 2.23. The summed E-state index contributed by atoms with van der Waals surface area (Å²) in [6, 6.07) is -1.32. The molecule has 8 N–H and O–H groups in total. The average molecular weight is 433 g/mol. The van der Waals surface area contributed by atoms with Crippen LogP contribution in [0, 0.1) is 5.92 Å². The van der Waals surface area contributed by atoms with Crippen molar-refractivity contribution in [2.24, 2.45) is 17.4 Å². The summed E-state index contributed by atoms with van der Waals surface area (Å²) in [4.78, 5) is 20.2. The number of rotatable bonds is 10. The summed E-state index contributed by atoms with van der Waals surface area (Å²) < 4.78 is 11.1. The Morgan fingerprint density at radius 1 is 1.31 bits per heavy atom. The summed E-state index contributed by atoms with van der Waals surface area (Å²) >= 11 is 0.959. The summed E-state index contributed by atoms with van der Waals surface area (Å²) in [7, 11) is 0. The van der Waals surface area contributed by atoms with Crippen molar-refractivity contribution >= 4 is 24.0 Å². The second kappa shape index (κ2) is 13.5. The molecule has 1 amide bonds. The fourth-order valence-corrected chi connectivity index (χ4v) is 3.63. The van der Waals surface area contributed by atoms with Gasteiger partial charge in [0.15, 0.2) is 0 Å². The molecule has 1 aliphatic rings. The molecule has 0 radical (unpaired) electrons. The minimum Gasteiger partial charge on any atom is -0.480 e. The van der Waals surface area contributed by atoms with Gasteiger partial charge in [0.05, 0.1) is 18.7 Å². The quantitative estimate of drug-likeness (QED) is 0.224. The van der Waals surface area contributed by atoms with Crippen molar-refractivity contribution in [1.82, 2.24) is 19.6 Å². The molecule has 0 aliphatic heterocycles. The molecule has 0 spiro atoms. The Kier molecular flexibility index (Phi) is 11.8. The monoisotopic (exact) mass is 432 g/mol. The molecule has 2 rings (SSSR count). The number of carboxylic acids is 1. The number of aromatic nitrogens is 2. The van der Waals surface area contributed by atoms with Gasteiger partial charge in [-0.3, -0.25) is 9.59 Å². The first-order valence-electron chi connectivity index (χ1n) is 9.59. The molecular weight excluding hydrogens is 400 g/mol. The molecule has 29 heavy (non-hydrogen) atoms. The molecule has 12 heteroatoms. The van der Waals surface area contributed by atoms with Crippen molar-refractivity contribution in [3.8, 4) is 0 Å². The first-order chi connectivity index (χ1) is 13.7. The fourth-order valence-electron chi connectivity index (χ4n) is 2.93. The maximum atomic E-state index is 10.9. The van der Waals surface area contributed by atoms with E-state index >= 15 is 0 Å². The number of aliphatic hydroxyl groups excluding tert-OH is 1. The van der Waals surface area contributed by atoms with Crippen LogP contribution in [0.4, 0.5) is 0 Å². The largest absolute Gasteiger partial charge is 0.480 e. The number of carbonyl (C=O) groups is 2. The standard InChI is InChI=1S/C15H27N5O4S.C2H5NO/c1-9(21)13(15(22)23)20-25-17-8-12-18-19-14(24-12)11(16)7-10-5-3-2-4-6-10;1-2(3)4/h9-11,13,17,20-21H,2-8,16H2,1H3,(H,22,23);1H3,(H2,3,4). The van der Waals surface area contributed by atoms with Gasteiger partial charge in [0, 0.05) is 19.1 Å². The molecule has 1 aromatic heterocycles. The number of carbonyl (C=O) groups excluding carboxylic acids is 1. The summed E-state index contributed by atoms with van der Waals surface area (Å²) in [6.07, 6.45) is 6.12. The van der Waals surface area contributed by atoms with Crippen LogP contribution in [0.1, 0.15) is 70.2 Å². The van der Waals surface area contributed by atoms with E-state index in [1.54, 1.807) is 0 Å². The SMILES string of the molecule is CC(N)=O.CC(O)C(NSNCc1nnc(C(N)CC2CCCCC2)o1)C(=O)O. The number of carboxylic acid groups (broad SMARTS) is 1. The lowest BCUT2D eigenvalue weighted by Gasteiger charge is -2.23. The minimum absolute atomic E-state index is 0.248. The van der Waals surface area contributed by atoms with E-state index in [4.69, 9.17) is 15.3 Å². The van der Waals surface area contributed by atoms with E-state index in [-0.39, 0.29) is 18.5 Å². The molecule has 166 valence electrons. The van der Waals surface area contributed by atoms with E-state index in [1.165, 1.54) is 46.0 Å². The first-order valence-corrected chi connectivity index (χ1v) is 10.4. The summed E-state index contributed by atoms with van der Waals surface area (Å²) in [6.45, 7) is 2.97. The molecule has 1 aromatic rings. The number of hydrogen-bond acceptors (Lipinski definition) is 10. The van der Waals surface area contributed by atoms with Crippen LogP contribution in [0.5, 0.6) is 0 Å². The van der Waals surface area contributed by atoms with E-state index in [0.717, 1.165) is 18.6 Å². The Bertz CT molecular complexity index is 619. The topological polar surface area (TPSA) is 190 Å². The predicted molar refractivity (Wildman–Crippen MR) is 108 cm³/mol. The number of nitrogens with two attached hydrogens (primary N) is 2. The zero-order valence-electron chi connectivity index (χ0n) is 16.8. The van der Waals surface area contributed by atoms with Gasteiger partial charge >= 0.3 is 5.97 Å².